The maximum atomic E-state index is 4.67. The second-order valence-corrected chi connectivity index (χ2v) is 6.69. The minimum absolute atomic E-state index is 0.368. The molecule has 0 spiro atoms. The second-order valence-electron chi connectivity index (χ2n) is 6.69. The maximum Gasteiger partial charge on any atom is 0.116 e. The largest absolute Gasteiger partial charge is 0.240 e. The molecule has 0 aliphatic carbocycles. The fraction of sp³-hybridized carbons (Fsp3) is 0.238. The molecule has 0 unspecified atom stereocenters. The Kier molecular flexibility index (Phi) is 3.08. The summed E-state index contributed by atoms with van der Waals surface area (Å²) in [6.45, 7) is 8.74. The summed E-state index contributed by atoms with van der Waals surface area (Å²) in [7, 11) is 0. The molecule has 0 amide bonds. The Labute approximate surface area is 136 Å². The Morgan fingerprint density at radius 2 is 1.52 bits per heavy atom. The monoisotopic (exact) mass is 300 g/mol. The van der Waals surface area contributed by atoms with Gasteiger partial charge in [-0.05, 0) is 47.6 Å². The highest BCUT2D eigenvalue weighted by Gasteiger charge is 2.16. The quantitative estimate of drug-likeness (QED) is 0.423. The summed E-state index contributed by atoms with van der Waals surface area (Å²) >= 11 is 0. The summed E-state index contributed by atoms with van der Waals surface area (Å²) in [6.07, 6.45) is 1.71. The van der Waals surface area contributed by atoms with Crippen LogP contribution < -0.4 is 0 Å². The molecular formula is C21H20N2. The van der Waals surface area contributed by atoms with Crippen LogP contribution in [-0.2, 0) is 0 Å². The molecule has 0 bridgehead atoms. The van der Waals surface area contributed by atoms with Crippen molar-refractivity contribution in [3.8, 4) is 0 Å². The van der Waals surface area contributed by atoms with E-state index in [2.05, 4.69) is 74.1 Å². The SMILES string of the molecule is Cc1cc(C)c2c3ccccc3c3c(C(C)C)ncnc3c2c1. The van der Waals surface area contributed by atoms with Gasteiger partial charge in [-0.3, -0.25) is 0 Å². The van der Waals surface area contributed by atoms with Crippen LogP contribution in [0.25, 0.3) is 32.4 Å². The Hall–Kier alpha value is -2.48. The van der Waals surface area contributed by atoms with Gasteiger partial charge in [0.05, 0.1) is 11.2 Å². The zero-order valence-electron chi connectivity index (χ0n) is 14.0. The van der Waals surface area contributed by atoms with Crippen molar-refractivity contribution in [1.29, 1.82) is 0 Å². The number of aryl methyl sites for hydroxylation is 2. The molecule has 0 saturated heterocycles. The lowest BCUT2D eigenvalue weighted by Gasteiger charge is -2.16. The Bertz CT molecular complexity index is 1060. The van der Waals surface area contributed by atoms with Gasteiger partial charge < -0.3 is 0 Å². The van der Waals surface area contributed by atoms with Crippen molar-refractivity contribution in [2.75, 3.05) is 0 Å². The molecule has 3 aromatic carbocycles. The van der Waals surface area contributed by atoms with Crippen LogP contribution in [0, 0.1) is 13.8 Å². The van der Waals surface area contributed by atoms with Crippen molar-refractivity contribution in [2.24, 2.45) is 0 Å². The minimum Gasteiger partial charge on any atom is -0.240 e. The molecule has 1 aromatic heterocycles. The normalized spacial score (nSPS) is 11.9. The molecule has 4 aromatic rings. The number of fused-ring (bicyclic) bond motifs is 6. The van der Waals surface area contributed by atoms with E-state index in [0.717, 1.165) is 11.2 Å². The smallest absolute Gasteiger partial charge is 0.116 e. The molecule has 0 saturated carbocycles. The maximum absolute atomic E-state index is 4.67. The Morgan fingerprint density at radius 1 is 0.826 bits per heavy atom. The lowest BCUT2D eigenvalue weighted by atomic mass is 9.91. The number of rotatable bonds is 1. The first-order valence-electron chi connectivity index (χ1n) is 8.14. The molecule has 0 aliphatic heterocycles. The number of aromatic nitrogens is 2. The third kappa shape index (κ3) is 2.02. The van der Waals surface area contributed by atoms with E-state index >= 15 is 0 Å². The van der Waals surface area contributed by atoms with Gasteiger partial charge in [0.2, 0.25) is 0 Å². The molecule has 0 radical (unpaired) electrons. The van der Waals surface area contributed by atoms with Crippen LogP contribution >= 0.6 is 0 Å². The number of hydrogen-bond acceptors (Lipinski definition) is 2. The molecule has 23 heavy (non-hydrogen) atoms. The fourth-order valence-corrected chi connectivity index (χ4v) is 3.74. The van der Waals surface area contributed by atoms with E-state index < -0.39 is 0 Å². The summed E-state index contributed by atoms with van der Waals surface area (Å²) in [4.78, 5) is 9.27. The average molecular weight is 300 g/mol. The lowest BCUT2D eigenvalue weighted by molar-refractivity contribution is 0.830. The molecule has 4 rings (SSSR count). The van der Waals surface area contributed by atoms with Crippen molar-refractivity contribution in [3.05, 3.63) is 59.5 Å². The van der Waals surface area contributed by atoms with E-state index in [-0.39, 0.29) is 0 Å². The van der Waals surface area contributed by atoms with Crippen LogP contribution in [-0.4, -0.2) is 9.97 Å². The molecule has 2 heteroatoms. The number of nitrogens with zero attached hydrogens (tertiary/aromatic N) is 2. The van der Waals surface area contributed by atoms with Crippen molar-refractivity contribution >= 4 is 32.4 Å². The van der Waals surface area contributed by atoms with Gasteiger partial charge in [0.25, 0.3) is 0 Å². The van der Waals surface area contributed by atoms with Crippen LogP contribution in [0.1, 0.15) is 36.6 Å². The molecule has 1 heterocycles. The van der Waals surface area contributed by atoms with Gasteiger partial charge in [-0.1, -0.05) is 49.7 Å². The van der Waals surface area contributed by atoms with Gasteiger partial charge in [-0.15, -0.1) is 0 Å². The van der Waals surface area contributed by atoms with Crippen molar-refractivity contribution in [3.63, 3.8) is 0 Å². The van der Waals surface area contributed by atoms with E-state index in [0.29, 0.717) is 5.92 Å². The summed E-state index contributed by atoms with van der Waals surface area (Å²) < 4.78 is 0. The number of benzene rings is 3. The van der Waals surface area contributed by atoms with Crippen molar-refractivity contribution in [2.45, 2.75) is 33.6 Å². The first kappa shape index (κ1) is 14.1. The third-order valence-corrected chi connectivity index (χ3v) is 4.62. The molecule has 0 N–H and O–H groups in total. The van der Waals surface area contributed by atoms with Gasteiger partial charge in [-0.2, -0.15) is 0 Å². The minimum atomic E-state index is 0.368. The summed E-state index contributed by atoms with van der Waals surface area (Å²) in [5.74, 6) is 0.368. The topological polar surface area (TPSA) is 25.8 Å². The summed E-state index contributed by atoms with van der Waals surface area (Å²) in [5, 5.41) is 6.30. The van der Waals surface area contributed by atoms with Gasteiger partial charge >= 0.3 is 0 Å². The van der Waals surface area contributed by atoms with Crippen LogP contribution in [0.3, 0.4) is 0 Å². The first-order chi connectivity index (χ1) is 11.1. The third-order valence-electron chi connectivity index (χ3n) is 4.62. The predicted molar refractivity (Wildman–Crippen MR) is 98.1 cm³/mol. The zero-order chi connectivity index (χ0) is 16.1. The molecule has 2 nitrogen and oxygen atoms in total. The predicted octanol–water partition coefficient (Wildman–Crippen LogP) is 5.68. The van der Waals surface area contributed by atoms with E-state index in [9.17, 15) is 0 Å². The van der Waals surface area contributed by atoms with Gasteiger partial charge in [0, 0.05) is 10.8 Å². The molecule has 114 valence electrons. The van der Waals surface area contributed by atoms with Gasteiger partial charge in [-0.25, -0.2) is 9.97 Å². The van der Waals surface area contributed by atoms with E-state index in [4.69, 9.17) is 0 Å². The summed E-state index contributed by atoms with van der Waals surface area (Å²) in [6, 6.07) is 13.2. The van der Waals surface area contributed by atoms with E-state index in [1.807, 2.05) is 0 Å². The Balaban J connectivity index is 2.41. The summed E-state index contributed by atoms with van der Waals surface area (Å²) in [5.41, 5.74) is 4.79. The van der Waals surface area contributed by atoms with Gasteiger partial charge in [0.1, 0.15) is 6.33 Å². The van der Waals surface area contributed by atoms with Crippen molar-refractivity contribution in [1.82, 2.24) is 9.97 Å². The molecule has 0 fully saturated rings. The van der Waals surface area contributed by atoms with E-state index in [1.54, 1.807) is 6.33 Å². The average Bonchev–Trinajstić information content (AvgIpc) is 2.53. The first-order valence-corrected chi connectivity index (χ1v) is 8.14. The number of hydrogen-bond donors (Lipinski definition) is 0. The highest BCUT2D eigenvalue weighted by molar-refractivity contribution is 6.25. The second kappa shape index (κ2) is 5.02. The van der Waals surface area contributed by atoms with Crippen molar-refractivity contribution < 1.29 is 0 Å². The fourth-order valence-electron chi connectivity index (χ4n) is 3.74. The molecular weight excluding hydrogens is 280 g/mol. The van der Waals surface area contributed by atoms with Crippen LogP contribution in [0.15, 0.2) is 42.7 Å². The standard InChI is InChI=1S/C21H20N2/c1-12(2)20-19-16-8-6-5-7-15(16)18-14(4)9-13(3)10-17(18)21(19)23-11-22-20/h5-12H,1-4H3. The lowest BCUT2D eigenvalue weighted by Crippen LogP contribution is -1.98. The van der Waals surface area contributed by atoms with Crippen LogP contribution in [0.2, 0.25) is 0 Å². The molecule has 0 aliphatic rings. The van der Waals surface area contributed by atoms with E-state index in [1.165, 1.54) is 38.1 Å². The van der Waals surface area contributed by atoms with Crippen LogP contribution in [0.4, 0.5) is 0 Å². The molecule has 0 atom stereocenters. The van der Waals surface area contributed by atoms with Gasteiger partial charge in [0.15, 0.2) is 0 Å². The van der Waals surface area contributed by atoms with Crippen LogP contribution in [0.5, 0.6) is 0 Å². The highest BCUT2D eigenvalue weighted by atomic mass is 14.8. The highest BCUT2D eigenvalue weighted by Crippen LogP contribution is 2.38. The Morgan fingerprint density at radius 3 is 2.22 bits per heavy atom. The zero-order valence-corrected chi connectivity index (χ0v) is 14.0.